The van der Waals surface area contributed by atoms with Gasteiger partial charge in [-0.15, -0.1) is 5.10 Å². The van der Waals surface area contributed by atoms with Crippen molar-refractivity contribution in [1.29, 1.82) is 0 Å². The summed E-state index contributed by atoms with van der Waals surface area (Å²) in [7, 11) is 0. The minimum atomic E-state index is -0.721. The van der Waals surface area contributed by atoms with E-state index in [0.717, 1.165) is 57.6 Å². The van der Waals surface area contributed by atoms with Gasteiger partial charge in [0.25, 0.3) is 0 Å². The van der Waals surface area contributed by atoms with Crippen molar-refractivity contribution < 1.29 is 17.9 Å². The highest BCUT2D eigenvalue weighted by molar-refractivity contribution is 5.59. The highest BCUT2D eigenvalue weighted by Crippen LogP contribution is 2.27. The summed E-state index contributed by atoms with van der Waals surface area (Å²) in [6, 6.07) is 6.59. The number of benzene rings is 1. The third-order valence-corrected chi connectivity index (χ3v) is 5.41. The lowest BCUT2D eigenvalue weighted by Gasteiger charge is -2.47. The van der Waals surface area contributed by atoms with E-state index in [-0.39, 0.29) is 17.5 Å². The molecule has 2 fully saturated rings. The predicted octanol–water partition coefficient (Wildman–Crippen LogP) is 2.34. The lowest BCUT2D eigenvalue weighted by Crippen LogP contribution is -2.61. The number of hydrogen-bond donors (Lipinski definition) is 1. The second kappa shape index (κ2) is 8.16. The number of ether oxygens (including phenoxy) is 1. The minimum absolute atomic E-state index is 0.128. The molecule has 2 saturated heterocycles. The van der Waals surface area contributed by atoms with Crippen molar-refractivity contribution in [3.63, 3.8) is 0 Å². The first-order valence-corrected chi connectivity index (χ1v) is 9.93. The van der Waals surface area contributed by atoms with E-state index in [0.29, 0.717) is 11.7 Å². The van der Waals surface area contributed by atoms with Crippen LogP contribution < -0.4 is 10.2 Å². The van der Waals surface area contributed by atoms with Gasteiger partial charge in [0.15, 0.2) is 0 Å². The molecule has 0 aliphatic carbocycles. The molecular weight excluding hydrogens is 411 g/mol. The Kier molecular flexibility index (Phi) is 5.20. The summed E-state index contributed by atoms with van der Waals surface area (Å²) >= 11 is 0. The van der Waals surface area contributed by atoms with Crippen molar-refractivity contribution in [2.45, 2.75) is 6.04 Å². The van der Waals surface area contributed by atoms with Crippen LogP contribution in [0, 0.1) is 17.6 Å². The quantitative estimate of drug-likeness (QED) is 0.622. The molecule has 4 heterocycles. The average molecular weight is 431 g/mol. The average Bonchev–Trinajstić information content (AvgIpc) is 3.15. The van der Waals surface area contributed by atoms with Gasteiger partial charge in [-0.2, -0.15) is 9.37 Å². The number of morpholine rings is 1. The molecule has 11 heteroatoms. The second-order valence-electron chi connectivity index (χ2n) is 7.51. The number of aromatic nitrogens is 4. The van der Waals surface area contributed by atoms with Crippen LogP contribution in [0.15, 0.2) is 36.7 Å². The molecule has 5 rings (SSSR count). The Labute approximate surface area is 176 Å². The first-order valence-electron chi connectivity index (χ1n) is 9.93. The molecular formula is C20H20F3N7O. The van der Waals surface area contributed by atoms with Crippen molar-refractivity contribution in [3.8, 4) is 5.69 Å². The first-order chi connectivity index (χ1) is 15.0. The van der Waals surface area contributed by atoms with E-state index < -0.39 is 17.6 Å². The normalized spacial score (nSPS) is 17.6. The van der Waals surface area contributed by atoms with Crippen molar-refractivity contribution in [2.24, 2.45) is 0 Å². The molecule has 162 valence electrons. The Bertz CT molecular complexity index is 1060. The summed E-state index contributed by atoms with van der Waals surface area (Å²) in [6.07, 6.45) is 1.30. The fourth-order valence-corrected chi connectivity index (χ4v) is 3.80. The van der Waals surface area contributed by atoms with Gasteiger partial charge in [0.1, 0.15) is 23.8 Å². The number of hydrogen-bond acceptors (Lipinski definition) is 7. The Morgan fingerprint density at radius 3 is 2.42 bits per heavy atom. The van der Waals surface area contributed by atoms with Crippen LogP contribution in [-0.4, -0.2) is 70.1 Å². The summed E-state index contributed by atoms with van der Waals surface area (Å²) in [5.41, 5.74) is 0.895. The van der Waals surface area contributed by atoms with Gasteiger partial charge in [-0.1, -0.05) is 0 Å². The molecule has 8 nitrogen and oxygen atoms in total. The van der Waals surface area contributed by atoms with E-state index in [1.165, 1.54) is 17.1 Å². The van der Waals surface area contributed by atoms with Gasteiger partial charge in [0.05, 0.1) is 18.9 Å². The molecule has 1 N–H and O–H groups in total. The van der Waals surface area contributed by atoms with E-state index in [2.05, 4.69) is 30.2 Å². The number of halogens is 3. The van der Waals surface area contributed by atoms with E-state index in [4.69, 9.17) is 4.74 Å². The van der Waals surface area contributed by atoms with Crippen molar-refractivity contribution >= 4 is 17.5 Å². The first kappa shape index (κ1) is 19.8. The van der Waals surface area contributed by atoms with E-state index >= 15 is 0 Å². The monoisotopic (exact) mass is 431 g/mol. The molecule has 2 aromatic heterocycles. The van der Waals surface area contributed by atoms with Gasteiger partial charge >= 0.3 is 0 Å². The Hall–Kier alpha value is -3.18. The predicted molar refractivity (Wildman–Crippen MR) is 107 cm³/mol. The number of anilines is 3. The molecule has 0 unspecified atom stereocenters. The number of nitrogens with one attached hydrogen (secondary N) is 1. The lowest BCUT2D eigenvalue weighted by molar-refractivity contribution is 0.0105. The maximum Gasteiger partial charge on any atom is 0.248 e. The van der Waals surface area contributed by atoms with Crippen LogP contribution in [0.5, 0.6) is 0 Å². The van der Waals surface area contributed by atoms with Crippen LogP contribution in [0.4, 0.5) is 30.6 Å². The summed E-state index contributed by atoms with van der Waals surface area (Å²) < 4.78 is 47.6. The summed E-state index contributed by atoms with van der Waals surface area (Å²) in [5, 5.41) is 6.98. The SMILES string of the molecule is Fc1cc(F)cc(-n2cnc(Nc3cc(N4CC(N5CCOCC5)C4)cc(F)n3)n2)c1. The molecule has 0 spiro atoms. The van der Waals surface area contributed by atoms with E-state index in [1.807, 2.05) is 0 Å². The molecule has 2 aliphatic heterocycles. The Morgan fingerprint density at radius 2 is 1.68 bits per heavy atom. The number of nitrogens with zero attached hydrogens (tertiary/aromatic N) is 6. The van der Waals surface area contributed by atoms with Crippen LogP contribution in [0.25, 0.3) is 5.69 Å². The van der Waals surface area contributed by atoms with Gasteiger partial charge in [0, 0.05) is 56.1 Å². The Morgan fingerprint density at radius 1 is 0.935 bits per heavy atom. The smallest absolute Gasteiger partial charge is 0.248 e. The van der Waals surface area contributed by atoms with Gasteiger partial charge in [-0.25, -0.2) is 18.4 Å². The van der Waals surface area contributed by atoms with E-state index in [1.54, 1.807) is 6.07 Å². The third kappa shape index (κ3) is 4.32. The van der Waals surface area contributed by atoms with Crippen LogP contribution >= 0.6 is 0 Å². The van der Waals surface area contributed by atoms with Gasteiger partial charge < -0.3 is 15.0 Å². The number of rotatable bonds is 5. The van der Waals surface area contributed by atoms with Crippen molar-refractivity contribution in [2.75, 3.05) is 49.6 Å². The zero-order chi connectivity index (χ0) is 21.4. The zero-order valence-corrected chi connectivity index (χ0v) is 16.5. The molecule has 0 bridgehead atoms. The maximum absolute atomic E-state index is 14.1. The summed E-state index contributed by atoms with van der Waals surface area (Å²) in [6.45, 7) is 4.94. The standard InChI is InChI=1S/C20H20F3N7O/c21-13-5-14(22)7-16(6-13)30-12-24-20(27-30)26-19-9-15(8-18(23)25-19)29-10-17(11-29)28-1-3-31-4-2-28/h5-9,12,17H,1-4,10-11H2,(H,25,26,27). The largest absolute Gasteiger partial charge is 0.379 e. The topological polar surface area (TPSA) is 71.3 Å². The molecule has 3 aromatic rings. The van der Waals surface area contributed by atoms with Crippen LogP contribution in [0.2, 0.25) is 0 Å². The van der Waals surface area contributed by atoms with Crippen LogP contribution in [0.3, 0.4) is 0 Å². The van der Waals surface area contributed by atoms with Crippen molar-refractivity contribution in [3.05, 3.63) is 54.2 Å². The molecule has 2 aliphatic rings. The molecule has 0 atom stereocenters. The Balaban J connectivity index is 1.27. The molecule has 0 saturated carbocycles. The molecule has 1 aromatic carbocycles. The third-order valence-electron chi connectivity index (χ3n) is 5.41. The van der Waals surface area contributed by atoms with Crippen LogP contribution in [0.1, 0.15) is 0 Å². The number of pyridine rings is 1. The molecule has 31 heavy (non-hydrogen) atoms. The molecule has 0 amide bonds. The fraction of sp³-hybridized carbons (Fsp3) is 0.350. The zero-order valence-electron chi connectivity index (χ0n) is 16.5. The lowest BCUT2D eigenvalue weighted by atomic mass is 10.1. The van der Waals surface area contributed by atoms with Crippen molar-refractivity contribution in [1.82, 2.24) is 24.6 Å². The summed E-state index contributed by atoms with van der Waals surface area (Å²) in [4.78, 5) is 12.4. The second-order valence-corrected chi connectivity index (χ2v) is 7.51. The highest BCUT2D eigenvalue weighted by Gasteiger charge is 2.33. The van der Waals surface area contributed by atoms with Gasteiger partial charge in [-0.3, -0.25) is 4.90 Å². The minimum Gasteiger partial charge on any atom is -0.379 e. The van der Waals surface area contributed by atoms with E-state index in [9.17, 15) is 13.2 Å². The van der Waals surface area contributed by atoms with Gasteiger partial charge in [0.2, 0.25) is 11.9 Å². The van der Waals surface area contributed by atoms with Crippen LogP contribution in [-0.2, 0) is 4.74 Å². The fourth-order valence-electron chi connectivity index (χ4n) is 3.80. The summed E-state index contributed by atoms with van der Waals surface area (Å²) in [5.74, 6) is -1.69. The maximum atomic E-state index is 14.1. The highest BCUT2D eigenvalue weighted by atomic mass is 19.1. The van der Waals surface area contributed by atoms with Gasteiger partial charge in [-0.05, 0) is 12.1 Å². The molecule has 0 radical (unpaired) electrons.